The van der Waals surface area contributed by atoms with E-state index in [1.807, 2.05) is 12.1 Å². The Morgan fingerprint density at radius 1 is 1.33 bits per heavy atom. The molecular weight excluding hydrogens is 244 g/mol. The summed E-state index contributed by atoms with van der Waals surface area (Å²) in [5, 5.41) is 9.38. The van der Waals surface area contributed by atoms with Gasteiger partial charge >= 0.3 is 0 Å². The average molecular weight is 264 g/mol. The smallest absolute Gasteiger partial charge is 0.103 e. The zero-order valence-electron chi connectivity index (χ0n) is 10.5. The third-order valence-electron chi connectivity index (χ3n) is 3.58. The number of hydrogen-bond donors (Lipinski definition) is 2. The first-order chi connectivity index (χ1) is 8.70. The topological polar surface area (TPSA) is 49.5 Å². The lowest BCUT2D eigenvalue weighted by molar-refractivity contribution is 0.0841. The summed E-state index contributed by atoms with van der Waals surface area (Å²) < 4.78 is 0. The van der Waals surface area contributed by atoms with Gasteiger partial charge in [-0.15, -0.1) is 0 Å². The number of thiocarbonyl (C=S) groups is 1. The van der Waals surface area contributed by atoms with Gasteiger partial charge in [0.05, 0.1) is 6.61 Å². The fraction of sp³-hybridized carbons (Fsp3) is 0.500. The molecule has 1 aromatic rings. The summed E-state index contributed by atoms with van der Waals surface area (Å²) >= 11 is 4.94. The summed E-state index contributed by atoms with van der Waals surface area (Å²) in [6.07, 6.45) is 3.55. The van der Waals surface area contributed by atoms with Crippen LogP contribution in [-0.4, -0.2) is 34.2 Å². The molecule has 1 fully saturated rings. The minimum absolute atomic E-state index is 0.255. The predicted octanol–water partition coefficient (Wildman–Crippen LogP) is 1.67. The maximum Gasteiger partial charge on any atom is 0.103 e. The lowest BCUT2D eigenvalue weighted by atomic mass is 10.0. The molecule has 0 amide bonds. The number of nitrogens with zero attached hydrogens (tertiary/aromatic N) is 1. The first-order valence-electron chi connectivity index (χ1n) is 6.44. The van der Waals surface area contributed by atoms with Crippen molar-refractivity contribution in [2.75, 3.05) is 13.2 Å². The van der Waals surface area contributed by atoms with E-state index >= 15 is 0 Å². The Morgan fingerprint density at radius 2 is 2.06 bits per heavy atom. The van der Waals surface area contributed by atoms with Crippen molar-refractivity contribution in [2.24, 2.45) is 5.73 Å². The number of nitrogens with two attached hydrogens (primary N) is 1. The zero-order valence-corrected chi connectivity index (χ0v) is 11.3. The molecular formula is C14H20N2OS. The van der Waals surface area contributed by atoms with E-state index < -0.39 is 0 Å². The van der Waals surface area contributed by atoms with Crippen molar-refractivity contribution in [1.29, 1.82) is 0 Å². The summed E-state index contributed by atoms with van der Waals surface area (Å²) in [5.74, 6) is 0. The van der Waals surface area contributed by atoms with E-state index in [0.29, 0.717) is 11.0 Å². The number of hydrogen-bond acceptors (Lipinski definition) is 3. The van der Waals surface area contributed by atoms with Gasteiger partial charge in [0.2, 0.25) is 0 Å². The lowest BCUT2D eigenvalue weighted by Gasteiger charge is -2.34. The van der Waals surface area contributed by atoms with Crippen LogP contribution in [0.5, 0.6) is 0 Å². The van der Waals surface area contributed by atoms with Crippen LogP contribution < -0.4 is 5.73 Å². The third-order valence-corrected chi connectivity index (χ3v) is 3.82. The van der Waals surface area contributed by atoms with Crippen LogP contribution in [0.3, 0.4) is 0 Å². The van der Waals surface area contributed by atoms with E-state index in [9.17, 15) is 5.11 Å². The third kappa shape index (κ3) is 3.28. The highest BCUT2D eigenvalue weighted by Gasteiger charge is 2.21. The molecule has 1 aromatic carbocycles. The normalized spacial score (nSPS) is 20.8. The molecule has 1 saturated heterocycles. The molecule has 0 aliphatic carbocycles. The van der Waals surface area contributed by atoms with Gasteiger partial charge in [0.1, 0.15) is 4.99 Å². The number of likely N-dealkylation sites (tertiary alicyclic amines) is 1. The quantitative estimate of drug-likeness (QED) is 0.812. The van der Waals surface area contributed by atoms with Crippen LogP contribution in [0.15, 0.2) is 24.3 Å². The summed E-state index contributed by atoms with van der Waals surface area (Å²) in [7, 11) is 0. The molecule has 3 N–H and O–H groups in total. The zero-order chi connectivity index (χ0) is 13.0. The Balaban J connectivity index is 2.01. The van der Waals surface area contributed by atoms with Crippen LogP contribution in [0, 0.1) is 0 Å². The van der Waals surface area contributed by atoms with E-state index in [2.05, 4.69) is 17.0 Å². The van der Waals surface area contributed by atoms with Crippen LogP contribution in [0.2, 0.25) is 0 Å². The molecule has 1 aliphatic rings. The Hall–Kier alpha value is -0.970. The summed E-state index contributed by atoms with van der Waals surface area (Å²) in [4.78, 5) is 2.80. The highest BCUT2D eigenvalue weighted by atomic mass is 32.1. The van der Waals surface area contributed by atoms with Crippen LogP contribution >= 0.6 is 12.2 Å². The van der Waals surface area contributed by atoms with Gasteiger partial charge in [-0.25, -0.2) is 0 Å². The second-order valence-corrected chi connectivity index (χ2v) is 5.30. The van der Waals surface area contributed by atoms with E-state index in [-0.39, 0.29) is 6.61 Å². The average Bonchev–Trinajstić information content (AvgIpc) is 2.40. The molecule has 0 radical (unpaired) electrons. The molecule has 3 nitrogen and oxygen atoms in total. The second-order valence-electron chi connectivity index (χ2n) is 4.86. The van der Waals surface area contributed by atoms with Crippen molar-refractivity contribution >= 4 is 17.2 Å². The molecule has 0 aromatic heterocycles. The Bertz CT molecular complexity index is 405. The van der Waals surface area contributed by atoms with Gasteiger partial charge in [0.25, 0.3) is 0 Å². The van der Waals surface area contributed by atoms with E-state index in [1.54, 1.807) is 0 Å². The first-order valence-corrected chi connectivity index (χ1v) is 6.85. The van der Waals surface area contributed by atoms with Gasteiger partial charge in [0.15, 0.2) is 0 Å². The second kappa shape index (κ2) is 6.27. The highest BCUT2D eigenvalue weighted by molar-refractivity contribution is 7.80. The molecule has 4 heteroatoms. The molecule has 2 rings (SSSR count). The van der Waals surface area contributed by atoms with E-state index in [1.165, 1.54) is 18.4 Å². The molecule has 0 bridgehead atoms. The Labute approximate surface area is 114 Å². The van der Waals surface area contributed by atoms with Crippen molar-refractivity contribution in [3.05, 3.63) is 35.4 Å². The standard InChI is InChI=1S/C14H20N2OS/c15-14(18)12-6-4-11(5-7-12)9-16-8-2-1-3-13(16)10-17/h4-7,13,17H,1-3,8-10H2,(H2,15,18). The molecule has 0 spiro atoms. The molecule has 1 unspecified atom stereocenters. The van der Waals surface area contributed by atoms with E-state index in [4.69, 9.17) is 18.0 Å². The van der Waals surface area contributed by atoms with Crippen molar-refractivity contribution in [2.45, 2.75) is 31.8 Å². The molecule has 1 atom stereocenters. The number of aliphatic hydroxyl groups is 1. The number of piperidine rings is 1. The first kappa shape index (κ1) is 13.5. The van der Waals surface area contributed by atoms with E-state index in [0.717, 1.165) is 25.1 Å². The maximum absolute atomic E-state index is 9.38. The number of rotatable bonds is 4. The molecule has 1 heterocycles. The maximum atomic E-state index is 9.38. The predicted molar refractivity (Wildman–Crippen MR) is 77.5 cm³/mol. The van der Waals surface area contributed by atoms with Crippen LogP contribution in [0.4, 0.5) is 0 Å². The fourth-order valence-electron chi connectivity index (χ4n) is 2.48. The summed E-state index contributed by atoms with van der Waals surface area (Å²) in [6, 6.07) is 8.38. The van der Waals surface area contributed by atoms with Gasteiger partial charge in [0, 0.05) is 18.2 Å². The van der Waals surface area contributed by atoms with Gasteiger partial charge in [-0.05, 0) is 24.9 Å². The Morgan fingerprint density at radius 3 is 2.67 bits per heavy atom. The van der Waals surface area contributed by atoms with Crippen LogP contribution in [0.1, 0.15) is 30.4 Å². The van der Waals surface area contributed by atoms with Gasteiger partial charge in [-0.2, -0.15) is 0 Å². The number of aliphatic hydroxyl groups excluding tert-OH is 1. The van der Waals surface area contributed by atoms with Crippen molar-refractivity contribution in [3.8, 4) is 0 Å². The SMILES string of the molecule is NC(=S)c1ccc(CN2CCCCC2CO)cc1. The molecule has 98 valence electrons. The molecule has 18 heavy (non-hydrogen) atoms. The van der Waals surface area contributed by atoms with Crippen molar-refractivity contribution < 1.29 is 5.11 Å². The summed E-state index contributed by atoms with van der Waals surface area (Å²) in [5.41, 5.74) is 7.73. The van der Waals surface area contributed by atoms with Gasteiger partial charge in [-0.1, -0.05) is 42.9 Å². The fourth-order valence-corrected chi connectivity index (χ4v) is 2.62. The van der Waals surface area contributed by atoms with Gasteiger partial charge in [-0.3, -0.25) is 4.90 Å². The minimum Gasteiger partial charge on any atom is -0.395 e. The number of benzene rings is 1. The monoisotopic (exact) mass is 264 g/mol. The Kier molecular flexibility index (Phi) is 4.69. The van der Waals surface area contributed by atoms with Crippen molar-refractivity contribution in [1.82, 2.24) is 4.90 Å². The van der Waals surface area contributed by atoms with Gasteiger partial charge < -0.3 is 10.8 Å². The van der Waals surface area contributed by atoms with Crippen molar-refractivity contribution in [3.63, 3.8) is 0 Å². The molecule has 0 saturated carbocycles. The molecule has 1 aliphatic heterocycles. The summed E-state index contributed by atoms with van der Waals surface area (Å²) in [6.45, 7) is 2.22. The van der Waals surface area contributed by atoms with Crippen LogP contribution in [-0.2, 0) is 6.54 Å². The van der Waals surface area contributed by atoms with Crippen LogP contribution in [0.25, 0.3) is 0 Å². The minimum atomic E-state index is 0.255. The largest absolute Gasteiger partial charge is 0.395 e. The highest BCUT2D eigenvalue weighted by Crippen LogP contribution is 2.19. The lowest BCUT2D eigenvalue weighted by Crippen LogP contribution is -2.41.